The Morgan fingerprint density at radius 2 is 2.00 bits per heavy atom. The van der Waals surface area contributed by atoms with Crippen molar-refractivity contribution in [1.82, 2.24) is 0 Å². The summed E-state index contributed by atoms with van der Waals surface area (Å²) in [6.45, 7) is 1.62. The molecule has 17 heavy (non-hydrogen) atoms. The molecular formula is C12H18FNO2S. The molecule has 96 valence electrons. The first kappa shape index (κ1) is 14.1. The van der Waals surface area contributed by atoms with E-state index in [4.69, 9.17) is 5.73 Å². The van der Waals surface area contributed by atoms with Crippen LogP contribution in [0.4, 0.5) is 4.39 Å². The van der Waals surface area contributed by atoms with Gasteiger partial charge in [0.15, 0.2) is 0 Å². The van der Waals surface area contributed by atoms with E-state index in [0.717, 1.165) is 0 Å². The van der Waals surface area contributed by atoms with E-state index in [1.54, 1.807) is 25.1 Å². The zero-order valence-corrected chi connectivity index (χ0v) is 10.7. The average molecular weight is 259 g/mol. The summed E-state index contributed by atoms with van der Waals surface area (Å²) in [4.78, 5) is 0. The minimum Gasteiger partial charge on any atom is -0.324 e. The van der Waals surface area contributed by atoms with E-state index < -0.39 is 15.9 Å². The van der Waals surface area contributed by atoms with Gasteiger partial charge in [-0.15, -0.1) is 0 Å². The molecule has 1 aromatic carbocycles. The average Bonchev–Trinajstić information content (AvgIpc) is 2.29. The first-order chi connectivity index (χ1) is 7.96. The molecule has 1 aromatic rings. The summed E-state index contributed by atoms with van der Waals surface area (Å²) in [5.41, 5.74) is 6.28. The summed E-state index contributed by atoms with van der Waals surface area (Å²) in [5.74, 6) is -0.0773. The van der Waals surface area contributed by atoms with Crippen molar-refractivity contribution in [2.75, 3.05) is 11.5 Å². The first-order valence-electron chi connectivity index (χ1n) is 5.66. The third-order valence-corrected chi connectivity index (χ3v) is 4.51. The van der Waals surface area contributed by atoms with Crippen LogP contribution in [0.2, 0.25) is 0 Å². The summed E-state index contributed by atoms with van der Waals surface area (Å²) in [7, 11) is -2.96. The molecule has 0 aromatic heterocycles. The van der Waals surface area contributed by atoms with Crippen LogP contribution in [-0.4, -0.2) is 19.9 Å². The Morgan fingerprint density at radius 1 is 1.35 bits per heavy atom. The summed E-state index contributed by atoms with van der Waals surface area (Å²) >= 11 is 0. The molecule has 2 N–H and O–H groups in total. The van der Waals surface area contributed by atoms with Gasteiger partial charge in [0.2, 0.25) is 0 Å². The van der Waals surface area contributed by atoms with Crippen molar-refractivity contribution in [3.05, 3.63) is 35.6 Å². The summed E-state index contributed by atoms with van der Waals surface area (Å²) in [6.07, 6.45) is 0.936. The van der Waals surface area contributed by atoms with Crippen molar-refractivity contribution >= 4 is 9.84 Å². The Bertz CT molecular complexity index is 459. The van der Waals surface area contributed by atoms with E-state index in [0.29, 0.717) is 18.4 Å². The van der Waals surface area contributed by atoms with E-state index in [1.807, 2.05) is 0 Å². The number of halogens is 1. The van der Waals surface area contributed by atoms with Crippen LogP contribution in [-0.2, 0) is 9.84 Å². The molecule has 1 rings (SSSR count). The summed E-state index contributed by atoms with van der Waals surface area (Å²) < 4.78 is 35.9. The molecule has 0 fully saturated rings. The second kappa shape index (κ2) is 6.12. The lowest BCUT2D eigenvalue weighted by Crippen LogP contribution is -2.15. The molecule has 0 saturated carbocycles. The molecular weight excluding hydrogens is 241 g/mol. The van der Waals surface area contributed by atoms with Crippen molar-refractivity contribution in [3.63, 3.8) is 0 Å². The van der Waals surface area contributed by atoms with Crippen LogP contribution >= 0.6 is 0 Å². The molecule has 0 saturated heterocycles. The van der Waals surface area contributed by atoms with Gasteiger partial charge >= 0.3 is 0 Å². The highest BCUT2D eigenvalue weighted by molar-refractivity contribution is 7.91. The molecule has 0 aliphatic rings. The molecule has 1 unspecified atom stereocenters. The van der Waals surface area contributed by atoms with Crippen LogP contribution < -0.4 is 5.73 Å². The number of rotatable bonds is 6. The van der Waals surface area contributed by atoms with Gasteiger partial charge in [-0.05, 0) is 18.9 Å². The summed E-state index contributed by atoms with van der Waals surface area (Å²) in [6, 6.07) is 5.88. The number of hydrogen-bond acceptors (Lipinski definition) is 3. The maximum Gasteiger partial charge on any atom is 0.150 e. The minimum atomic E-state index is -2.96. The fourth-order valence-corrected chi connectivity index (χ4v) is 2.49. The highest BCUT2D eigenvalue weighted by Gasteiger charge is 2.13. The number of sulfone groups is 1. The topological polar surface area (TPSA) is 60.2 Å². The van der Waals surface area contributed by atoms with E-state index in [1.165, 1.54) is 6.07 Å². The quantitative estimate of drug-likeness (QED) is 0.850. The highest BCUT2D eigenvalue weighted by atomic mass is 32.2. The van der Waals surface area contributed by atoms with Crippen LogP contribution in [0.5, 0.6) is 0 Å². The normalized spacial score (nSPS) is 13.6. The van der Waals surface area contributed by atoms with Gasteiger partial charge < -0.3 is 5.73 Å². The number of nitrogens with two attached hydrogens (primary N) is 1. The molecule has 0 radical (unpaired) electrons. The van der Waals surface area contributed by atoms with Gasteiger partial charge in [0, 0.05) is 17.4 Å². The maximum atomic E-state index is 13.4. The van der Waals surface area contributed by atoms with Crippen molar-refractivity contribution < 1.29 is 12.8 Å². The predicted octanol–water partition coefficient (Wildman–Crippen LogP) is 2.04. The van der Waals surface area contributed by atoms with Gasteiger partial charge in [0.05, 0.1) is 5.75 Å². The van der Waals surface area contributed by atoms with E-state index >= 15 is 0 Å². The predicted molar refractivity (Wildman–Crippen MR) is 66.9 cm³/mol. The van der Waals surface area contributed by atoms with Gasteiger partial charge in [0.25, 0.3) is 0 Å². The van der Waals surface area contributed by atoms with E-state index in [2.05, 4.69) is 0 Å². The Hall–Kier alpha value is -0.940. The van der Waals surface area contributed by atoms with Gasteiger partial charge in [-0.3, -0.25) is 0 Å². The van der Waals surface area contributed by atoms with E-state index in [-0.39, 0.29) is 17.3 Å². The van der Waals surface area contributed by atoms with Gasteiger partial charge in [-0.1, -0.05) is 25.1 Å². The molecule has 5 heteroatoms. The first-order valence-corrected chi connectivity index (χ1v) is 7.49. The third kappa shape index (κ3) is 4.44. The molecule has 0 heterocycles. The van der Waals surface area contributed by atoms with Crippen LogP contribution in [0.25, 0.3) is 0 Å². The highest BCUT2D eigenvalue weighted by Crippen LogP contribution is 2.19. The molecule has 0 bridgehead atoms. The Morgan fingerprint density at radius 3 is 2.59 bits per heavy atom. The van der Waals surface area contributed by atoms with Gasteiger partial charge in [-0.25, -0.2) is 12.8 Å². The van der Waals surface area contributed by atoms with Crippen LogP contribution in [0.15, 0.2) is 24.3 Å². The second-order valence-corrected chi connectivity index (χ2v) is 6.48. The molecule has 0 spiro atoms. The van der Waals surface area contributed by atoms with Crippen LogP contribution in [0.3, 0.4) is 0 Å². The molecule has 0 aliphatic heterocycles. The lowest BCUT2D eigenvalue weighted by Gasteiger charge is -2.12. The zero-order valence-electron chi connectivity index (χ0n) is 9.90. The Balaban J connectivity index is 2.51. The van der Waals surface area contributed by atoms with Gasteiger partial charge in [0.1, 0.15) is 15.7 Å². The van der Waals surface area contributed by atoms with Crippen molar-refractivity contribution in [2.45, 2.75) is 25.8 Å². The monoisotopic (exact) mass is 259 g/mol. The van der Waals surface area contributed by atoms with Crippen molar-refractivity contribution in [2.24, 2.45) is 5.73 Å². The van der Waals surface area contributed by atoms with Crippen molar-refractivity contribution in [1.29, 1.82) is 0 Å². The lowest BCUT2D eigenvalue weighted by molar-refractivity contribution is 0.554. The largest absolute Gasteiger partial charge is 0.324 e. The zero-order chi connectivity index (χ0) is 12.9. The van der Waals surface area contributed by atoms with Crippen LogP contribution in [0, 0.1) is 5.82 Å². The smallest absolute Gasteiger partial charge is 0.150 e. The van der Waals surface area contributed by atoms with Gasteiger partial charge in [-0.2, -0.15) is 0 Å². The lowest BCUT2D eigenvalue weighted by atomic mass is 10.0. The molecule has 0 amide bonds. The van der Waals surface area contributed by atoms with Crippen molar-refractivity contribution in [3.8, 4) is 0 Å². The minimum absolute atomic E-state index is 0.117. The standard InChI is InChI=1S/C12H18FNO2S/c1-2-17(15,16)9-5-8-12(14)10-6-3-4-7-11(10)13/h3-4,6-7,12H,2,5,8-9,14H2,1H3. The number of benzene rings is 1. The number of hydrogen-bond donors (Lipinski definition) is 1. The second-order valence-electron chi connectivity index (χ2n) is 4.01. The van der Waals surface area contributed by atoms with Crippen LogP contribution in [0.1, 0.15) is 31.4 Å². The molecule has 1 atom stereocenters. The molecule has 0 aliphatic carbocycles. The van der Waals surface area contributed by atoms with E-state index in [9.17, 15) is 12.8 Å². The Labute approximate surface area is 102 Å². The fourth-order valence-electron chi connectivity index (χ4n) is 1.60. The SMILES string of the molecule is CCS(=O)(=O)CCCC(N)c1ccccc1F. The third-order valence-electron chi connectivity index (χ3n) is 2.71. The molecule has 3 nitrogen and oxygen atoms in total. The maximum absolute atomic E-state index is 13.4. The fraction of sp³-hybridized carbons (Fsp3) is 0.500. The summed E-state index contributed by atoms with van der Waals surface area (Å²) in [5, 5.41) is 0. The Kier molecular flexibility index (Phi) is 5.08.